The van der Waals surface area contributed by atoms with Crippen LogP contribution in [0.15, 0.2) is 41.7 Å². The zero-order valence-electron chi connectivity index (χ0n) is 9.65. The van der Waals surface area contributed by atoms with Gasteiger partial charge >= 0.3 is 0 Å². The summed E-state index contributed by atoms with van der Waals surface area (Å²) >= 11 is 3.40. The highest BCUT2D eigenvalue weighted by Crippen LogP contribution is 2.22. The highest BCUT2D eigenvalue weighted by Gasteiger charge is 2.06. The fraction of sp³-hybridized carbons (Fsp3) is 0.231. The Morgan fingerprint density at radius 1 is 1.53 bits per heavy atom. The van der Waals surface area contributed by atoms with Gasteiger partial charge in [-0.2, -0.15) is 0 Å². The average Bonchev–Trinajstić information content (AvgIpc) is 2.29. The number of anilines is 1. The second kappa shape index (κ2) is 5.27. The van der Waals surface area contributed by atoms with E-state index in [-0.39, 0.29) is 0 Å². The van der Waals surface area contributed by atoms with Crippen LogP contribution in [0.2, 0.25) is 0 Å². The standard InChI is InChI=1S/C13H14BrN3/c1-3-4-9(2)17-11-5-6-15-12-7-10(14)8-16-13(11)12/h3,5-9H,1,4H2,2H3,(H,15,17). The van der Waals surface area contributed by atoms with Gasteiger partial charge in [-0.1, -0.05) is 6.08 Å². The number of hydrogen-bond donors (Lipinski definition) is 1. The zero-order chi connectivity index (χ0) is 12.3. The molecule has 3 nitrogen and oxygen atoms in total. The Morgan fingerprint density at radius 3 is 3.12 bits per heavy atom. The van der Waals surface area contributed by atoms with Gasteiger partial charge in [0.15, 0.2) is 0 Å². The summed E-state index contributed by atoms with van der Waals surface area (Å²) in [4.78, 5) is 8.70. The number of fused-ring (bicyclic) bond motifs is 1. The van der Waals surface area contributed by atoms with Gasteiger partial charge in [0, 0.05) is 22.9 Å². The van der Waals surface area contributed by atoms with E-state index in [1.807, 2.05) is 18.2 Å². The molecular weight excluding hydrogens is 278 g/mol. The van der Waals surface area contributed by atoms with Crippen molar-refractivity contribution in [2.24, 2.45) is 0 Å². The maximum Gasteiger partial charge on any atom is 0.112 e. The fourth-order valence-corrected chi connectivity index (χ4v) is 2.02. The Hall–Kier alpha value is -1.42. The summed E-state index contributed by atoms with van der Waals surface area (Å²) in [6.45, 7) is 5.86. The van der Waals surface area contributed by atoms with Gasteiger partial charge in [0.05, 0.1) is 11.2 Å². The van der Waals surface area contributed by atoms with E-state index < -0.39 is 0 Å². The van der Waals surface area contributed by atoms with Gasteiger partial charge in [0.2, 0.25) is 0 Å². The van der Waals surface area contributed by atoms with E-state index in [1.165, 1.54) is 0 Å². The van der Waals surface area contributed by atoms with E-state index in [9.17, 15) is 0 Å². The highest BCUT2D eigenvalue weighted by atomic mass is 79.9. The minimum Gasteiger partial charge on any atom is -0.380 e. The van der Waals surface area contributed by atoms with E-state index in [1.54, 1.807) is 12.4 Å². The quantitative estimate of drug-likeness (QED) is 0.872. The molecule has 1 atom stereocenters. The molecule has 4 heteroatoms. The molecule has 0 spiro atoms. The van der Waals surface area contributed by atoms with Gasteiger partial charge in [-0.3, -0.25) is 9.97 Å². The first-order valence-corrected chi connectivity index (χ1v) is 6.27. The zero-order valence-corrected chi connectivity index (χ0v) is 11.2. The lowest BCUT2D eigenvalue weighted by molar-refractivity contribution is 0.815. The van der Waals surface area contributed by atoms with E-state index in [4.69, 9.17) is 0 Å². The molecule has 0 saturated carbocycles. The normalized spacial score (nSPS) is 12.4. The van der Waals surface area contributed by atoms with Crippen LogP contribution in [0.1, 0.15) is 13.3 Å². The smallest absolute Gasteiger partial charge is 0.112 e. The van der Waals surface area contributed by atoms with Crippen molar-refractivity contribution in [3.8, 4) is 0 Å². The number of nitrogens with zero attached hydrogens (tertiary/aromatic N) is 2. The summed E-state index contributed by atoms with van der Waals surface area (Å²) in [7, 11) is 0. The molecule has 1 N–H and O–H groups in total. The number of rotatable bonds is 4. The monoisotopic (exact) mass is 291 g/mol. The van der Waals surface area contributed by atoms with E-state index in [2.05, 4.69) is 44.7 Å². The van der Waals surface area contributed by atoms with Crippen LogP contribution in [0.5, 0.6) is 0 Å². The van der Waals surface area contributed by atoms with Crippen LogP contribution in [-0.4, -0.2) is 16.0 Å². The number of nitrogens with one attached hydrogen (secondary N) is 1. The maximum absolute atomic E-state index is 4.40. The van der Waals surface area contributed by atoms with Crippen molar-refractivity contribution in [3.05, 3.63) is 41.7 Å². The van der Waals surface area contributed by atoms with E-state index in [0.717, 1.165) is 27.6 Å². The molecule has 0 aromatic carbocycles. The SMILES string of the molecule is C=CCC(C)Nc1ccnc2cc(Br)cnc12. The summed E-state index contributed by atoms with van der Waals surface area (Å²) in [6.07, 6.45) is 6.40. The molecule has 0 amide bonds. The lowest BCUT2D eigenvalue weighted by Crippen LogP contribution is -2.14. The molecular formula is C13H14BrN3. The molecule has 2 heterocycles. The third-order valence-electron chi connectivity index (χ3n) is 2.47. The van der Waals surface area contributed by atoms with Crippen LogP contribution in [0, 0.1) is 0 Å². The summed E-state index contributed by atoms with van der Waals surface area (Å²) in [6, 6.07) is 4.25. The van der Waals surface area contributed by atoms with E-state index >= 15 is 0 Å². The van der Waals surface area contributed by atoms with Crippen LogP contribution in [0.25, 0.3) is 11.0 Å². The van der Waals surface area contributed by atoms with Gasteiger partial charge in [0.25, 0.3) is 0 Å². The molecule has 1 unspecified atom stereocenters. The fourth-order valence-electron chi connectivity index (χ4n) is 1.70. The first-order valence-electron chi connectivity index (χ1n) is 5.48. The predicted octanol–water partition coefficient (Wildman–Crippen LogP) is 3.77. The lowest BCUT2D eigenvalue weighted by Gasteiger charge is -2.14. The first kappa shape index (κ1) is 12.0. The van der Waals surface area contributed by atoms with Gasteiger partial charge in [0.1, 0.15) is 5.52 Å². The van der Waals surface area contributed by atoms with Gasteiger partial charge in [-0.25, -0.2) is 0 Å². The van der Waals surface area contributed by atoms with Crippen LogP contribution in [0.4, 0.5) is 5.69 Å². The van der Waals surface area contributed by atoms with E-state index in [0.29, 0.717) is 6.04 Å². The molecule has 0 saturated heterocycles. The Morgan fingerprint density at radius 2 is 2.35 bits per heavy atom. The molecule has 0 aliphatic rings. The number of pyridine rings is 2. The third kappa shape index (κ3) is 2.82. The van der Waals surface area contributed by atoms with Crippen molar-refractivity contribution in [1.29, 1.82) is 0 Å². The summed E-state index contributed by atoms with van der Waals surface area (Å²) in [5.74, 6) is 0. The van der Waals surface area contributed by atoms with Crippen molar-refractivity contribution in [1.82, 2.24) is 9.97 Å². The summed E-state index contributed by atoms with van der Waals surface area (Å²) in [5, 5.41) is 3.42. The van der Waals surface area contributed by atoms with Crippen molar-refractivity contribution in [3.63, 3.8) is 0 Å². The molecule has 0 aliphatic heterocycles. The molecule has 2 rings (SSSR count). The predicted molar refractivity (Wildman–Crippen MR) is 75.1 cm³/mol. The van der Waals surface area contributed by atoms with Gasteiger partial charge in [-0.05, 0) is 41.4 Å². The van der Waals surface area contributed by atoms with Crippen LogP contribution in [0.3, 0.4) is 0 Å². The first-order chi connectivity index (χ1) is 8.20. The van der Waals surface area contributed by atoms with Gasteiger partial charge in [-0.15, -0.1) is 6.58 Å². The highest BCUT2D eigenvalue weighted by molar-refractivity contribution is 9.10. The van der Waals surface area contributed by atoms with Crippen LogP contribution >= 0.6 is 15.9 Å². The van der Waals surface area contributed by atoms with Crippen molar-refractivity contribution in [2.45, 2.75) is 19.4 Å². The molecule has 0 radical (unpaired) electrons. The minimum atomic E-state index is 0.337. The molecule has 0 bridgehead atoms. The molecule has 2 aromatic heterocycles. The Balaban J connectivity index is 2.37. The van der Waals surface area contributed by atoms with Gasteiger partial charge < -0.3 is 5.32 Å². The number of hydrogen-bond acceptors (Lipinski definition) is 3. The van der Waals surface area contributed by atoms with Crippen molar-refractivity contribution in [2.75, 3.05) is 5.32 Å². The topological polar surface area (TPSA) is 37.8 Å². The lowest BCUT2D eigenvalue weighted by atomic mass is 10.2. The number of halogens is 1. The summed E-state index contributed by atoms with van der Waals surface area (Å²) < 4.78 is 0.939. The Labute approximate surface area is 109 Å². The molecule has 2 aromatic rings. The van der Waals surface area contributed by atoms with Crippen LogP contribution in [-0.2, 0) is 0 Å². The molecule has 88 valence electrons. The molecule has 0 fully saturated rings. The van der Waals surface area contributed by atoms with Crippen molar-refractivity contribution < 1.29 is 0 Å². The minimum absolute atomic E-state index is 0.337. The average molecular weight is 292 g/mol. The second-order valence-electron chi connectivity index (χ2n) is 3.95. The van der Waals surface area contributed by atoms with Crippen LogP contribution < -0.4 is 5.32 Å². The molecule has 17 heavy (non-hydrogen) atoms. The molecule has 0 aliphatic carbocycles. The Bertz CT molecular complexity index is 539. The largest absolute Gasteiger partial charge is 0.380 e. The second-order valence-corrected chi connectivity index (χ2v) is 4.87. The Kier molecular flexibility index (Phi) is 3.74. The number of aromatic nitrogens is 2. The third-order valence-corrected chi connectivity index (χ3v) is 2.90. The maximum atomic E-state index is 4.40. The van der Waals surface area contributed by atoms with Crippen molar-refractivity contribution >= 4 is 32.7 Å². The summed E-state index contributed by atoms with van der Waals surface area (Å²) in [5.41, 5.74) is 2.79.